The van der Waals surface area contributed by atoms with Crippen LogP contribution in [0.3, 0.4) is 0 Å². The topological polar surface area (TPSA) is 0 Å². The van der Waals surface area contributed by atoms with Gasteiger partial charge >= 0.3 is 0 Å². The molecular weight excluding hydrogens is 213 g/mol. The molecule has 1 aromatic carbocycles. The highest BCUT2D eigenvalue weighted by molar-refractivity contribution is 5.36. The zero-order chi connectivity index (χ0) is 12.6. The number of hydrogen-bond acceptors (Lipinski definition) is 0. The van der Waals surface area contributed by atoms with Gasteiger partial charge < -0.3 is 0 Å². The molecule has 0 nitrogen and oxygen atoms in total. The molecule has 1 atom stereocenters. The molecular formula is C13H15F3. The van der Waals surface area contributed by atoms with Crippen molar-refractivity contribution in [3.8, 4) is 0 Å². The van der Waals surface area contributed by atoms with Crippen molar-refractivity contribution in [1.29, 1.82) is 0 Å². The molecule has 0 saturated carbocycles. The molecule has 88 valence electrons. The molecule has 0 saturated heterocycles. The van der Waals surface area contributed by atoms with Crippen LogP contribution in [0.5, 0.6) is 0 Å². The summed E-state index contributed by atoms with van der Waals surface area (Å²) in [5.41, 5.74) is -1.14. The van der Waals surface area contributed by atoms with E-state index < -0.39 is 11.6 Å². The van der Waals surface area contributed by atoms with Crippen LogP contribution in [0.2, 0.25) is 0 Å². The van der Waals surface area contributed by atoms with E-state index in [9.17, 15) is 13.2 Å². The lowest BCUT2D eigenvalue weighted by molar-refractivity contribution is 0.0172. The summed E-state index contributed by atoms with van der Waals surface area (Å²) in [5, 5.41) is 0. The molecule has 1 aromatic rings. The van der Waals surface area contributed by atoms with E-state index in [1.54, 1.807) is 13.0 Å². The average molecular weight is 228 g/mol. The van der Waals surface area contributed by atoms with Gasteiger partial charge in [-0.15, -0.1) is 0 Å². The molecule has 0 bridgehead atoms. The lowest BCUT2D eigenvalue weighted by Gasteiger charge is -2.20. The lowest BCUT2D eigenvalue weighted by Crippen LogP contribution is -2.14. The van der Waals surface area contributed by atoms with Crippen molar-refractivity contribution in [2.75, 3.05) is 0 Å². The average Bonchev–Trinajstić information content (AvgIpc) is 2.15. The minimum absolute atomic E-state index is 0.173. The number of rotatable bonds is 3. The summed E-state index contributed by atoms with van der Waals surface area (Å²) in [6, 6.07) is 4.11. The van der Waals surface area contributed by atoms with Gasteiger partial charge in [0, 0.05) is 12.5 Å². The Morgan fingerprint density at radius 1 is 1.06 bits per heavy atom. The van der Waals surface area contributed by atoms with Crippen LogP contribution in [0, 0.1) is 6.92 Å². The third-order valence-electron chi connectivity index (χ3n) is 2.53. The normalized spacial score (nSPS) is 15.6. The standard InChI is InChI=1S/C13H15F3/c1-5-12(3,14)10-6-9(2)7-11(8-10)13(4,15)16/h5-8H,1H2,2-4H3. The van der Waals surface area contributed by atoms with Crippen LogP contribution in [0.4, 0.5) is 13.2 Å². The second-order valence-electron chi connectivity index (χ2n) is 4.26. The monoisotopic (exact) mass is 228 g/mol. The van der Waals surface area contributed by atoms with Crippen molar-refractivity contribution >= 4 is 0 Å². The predicted molar refractivity (Wildman–Crippen MR) is 59.4 cm³/mol. The SMILES string of the molecule is C=CC(C)(F)c1cc(C)cc(C(C)(F)F)c1. The number of aryl methyl sites for hydroxylation is 1. The van der Waals surface area contributed by atoms with Gasteiger partial charge in [0.15, 0.2) is 5.67 Å². The van der Waals surface area contributed by atoms with Gasteiger partial charge in [0.1, 0.15) is 0 Å². The van der Waals surface area contributed by atoms with Crippen molar-refractivity contribution < 1.29 is 13.2 Å². The Kier molecular flexibility index (Phi) is 3.17. The van der Waals surface area contributed by atoms with Crippen LogP contribution in [-0.4, -0.2) is 0 Å². The number of alkyl halides is 3. The first kappa shape index (κ1) is 12.8. The smallest absolute Gasteiger partial charge is 0.234 e. The van der Waals surface area contributed by atoms with Crippen molar-refractivity contribution in [2.24, 2.45) is 0 Å². The van der Waals surface area contributed by atoms with Crippen molar-refractivity contribution in [1.82, 2.24) is 0 Å². The van der Waals surface area contributed by atoms with Gasteiger partial charge in [-0.25, -0.2) is 13.2 Å². The highest BCUT2D eigenvalue weighted by Gasteiger charge is 2.28. The minimum atomic E-state index is -2.96. The molecule has 0 N–H and O–H groups in total. The molecule has 0 aliphatic rings. The van der Waals surface area contributed by atoms with E-state index in [1.807, 2.05) is 0 Å². The van der Waals surface area contributed by atoms with E-state index in [2.05, 4.69) is 6.58 Å². The molecule has 0 aliphatic carbocycles. The molecule has 0 fully saturated rings. The second-order valence-corrected chi connectivity index (χ2v) is 4.26. The largest absolute Gasteiger partial charge is 0.270 e. The van der Waals surface area contributed by atoms with Gasteiger partial charge in [0.05, 0.1) is 0 Å². The zero-order valence-corrected chi connectivity index (χ0v) is 9.65. The Labute approximate surface area is 93.8 Å². The molecule has 16 heavy (non-hydrogen) atoms. The van der Waals surface area contributed by atoms with E-state index in [0.29, 0.717) is 5.56 Å². The summed E-state index contributed by atoms with van der Waals surface area (Å²) < 4.78 is 40.3. The Hall–Kier alpha value is -1.25. The molecule has 0 aliphatic heterocycles. The summed E-state index contributed by atoms with van der Waals surface area (Å²) in [6.07, 6.45) is 1.11. The minimum Gasteiger partial charge on any atom is -0.234 e. The van der Waals surface area contributed by atoms with E-state index in [1.165, 1.54) is 19.1 Å². The maximum atomic E-state index is 13.9. The zero-order valence-electron chi connectivity index (χ0n) is 9.65. The lowest BCUT2D eigenvalue weighted by atomic mass is 9.93. The number of allylic oxidation sites excluding steroid dienone is 1. The Morgan fingerprint density at radius 3 is 2.00 bits per heavy atom. The third kappa shape index (κ3) is 2.65. The Morgan fingerprint density at radius 2 is 1.56 bits per heavy atom. The highest BCUT2D eigenvalue weighted by Crippen LogP contribution is 2.33. The maximum absolute atomic E-state index is 13.9. The number of benzene rings is 1. The van der Waals surface area contributed by atoms with Crippen LogP contribution in [0.1, 0.15) is 30.5 Å². The van der Waals surface area contributed by atoms with Gasteiger partial charge in [-0.1, -0.05) is 30.4 Å². The summed E-state index contributed by atoms with van der Waals surface area (Å²) in [6.45, 7) is 7.13. The van der Waals surface area contributed by atoms with Crippen LogP contribution < -0.4 is 0 Å². The first-order valence-electron chi connectivity index (χ1n) is 5.00. The first-order valence-corrected chi connectivity index (χ1v) is 5.00. The van der Waals surface area contributed by atoms with Crippen LogP contribution in [-0.2, 0) is 11.6 Å². The summed E-state index contributed by atoms with van der Waals surface area (Å²) >= 11 is 0. The fourth-order valence-corrected chi connectivity index (χ4v) is 1.44. The van der Waals surface area contributed by atoms with Crippen LogP contribution in [0.25, 0.3) is 0 Å². The molecule has 0 spiro atoms. The fraction of sp³-hybridized carbons (Fsp3) is 0.385. The summed E-state index contributed by atoms with van der Waals surface area (Å²) in [4.78, 5) is 0. The van der Waals surface area contributed by atoms with Gasteiger partial charge in [0.25, 0.3) is 5.92 Å². The molecule has 3 heteroatoms. The Bertz CT molecular complexity index is 400. The molecule has 0 heterocycles. The summed E-state index contributed by atoms with van der Waals surface area (Å²) in [5.74, 6) is -2.96. The highest BCUT2D eigenvalue weighted by atomic mass is 19.3. The van der Waals surface area contributed by atoms with Gasteiger partial charge in [-0.05, 0) is 25.5 Å². The van der Waals surface area contributed by atoms with E-state index >= 15 is 0 Å². The maximum Gasteiger partial charge on any atom is 0.270 e. The van der Waals surface area contributed by atoms with Gasteiger partial charge in [-0.3, -0.25) is 0 Å². The van der Waals surface area contributed by atoms with E-state index in [4.69, 9.17) is 0 Å². The number of hydrogen-bond donors (Lipinski definition) is 0. The molecule has 0 amide bonds. The Balaban J connectivity index is 3.34. The third-order valence-corrected chi connectivity index (χ3v) is 2.53. The second kappa shape index (κ2) is 3.96. The van der Waals surface area contributed by atoms with Gasteiger partial charge in [-0.2, -0.15) is 0 Å². The van der Waals surface area contributed by atoms with Gasteiger partial charge in [0.2, 0.25) is 0 Å². The van der Waals surface area contributed by atoms with E-state index in [0.717, 1.165) is 13.0 Å². The molecule has 1 unspecified atom stereocenters. The summed E-state index contributed by atoms with van der Waals surface area (Å²) in [7, 11) is 0. The van der Waals surface area contributed by atoms with Crippen LogP contribution in [0.15, 0.2) is 30.9 Å². The van der Waals surface area contributed by atoms with Crippen LogP contribution >= 0.6 is 0 Å². The number of halogens is 3. The molecule has 0 radical (unpaired) electrons. The molecule has 0 aromatic heterocycles. The fourth-order valence-electron chi connectivity index (χ4n) is 1.44. The molecule has 1 rings (SSSR count). The quantitative estimate of drug-likeness (QED) is 0.669. The predicted octanol–water partition coefficient (Wildman–Crippen LogP) is 4.48. The first-order chi connectivity index (χ1) is 7.16. The van der Waals surface area contributed by atoms with Crippen molar-refractivity contribution in [2.45, 2.75) is 32.4 Å². The van der Waals surface area contributed by atoms with E-state index in [-0.39, 0.29) is 11.1 Å². The van der Waals surface area contributed by atoms with Crippen molar-refractivity contribution in [3.63, 3.8) is 0 Å². The van der Waals surface area contributed by atoms with Crippen molar-refractivity contribution in [3.05, 3.63) is 47.5 Å².